The van der Waals surface area contributed by atoms with Gasteiger partial charge in [0.15, 0.2) is 0 Å². The van der Waals surface area contributed by atoms with Crippen LogP contribution >= 0.6 is 0 Å². The zero-order valence-corrected chi connectivity index (χ0v) is 14.1. The Morgan fingerprint density at radius 3 is 2.12 bits per heavy atom. The minimum absolute atomic E-state index is 0.0442. The molecule has 0 aliphatic carbocycles. The molecule has 0 amide bonds. The first-order valence-electron chi connectivity index (χ1n) is 7.43. The fourth-order valence-corrected chi connectivity index (χ4v) is 3.66. The standard InChI is InChI=1S/C18H13NO6S/c20-17-11-10-15(25-14-8-6-13(7-9-14)19(21)22)12-18(17)26(23,24)16-4-2-1-3-5-16/h1-12,20H. The van der Waals surface area contributed by atoms with Crippen LogP contribution in [0.3, 0.4) is 0 Å². The third kappa shape index (κ3) is 3.50. The van der Waals surface area contributed by atoms with Gasteiger partial charge in [-0.2, -0.15) is 0 Å². The van der Waals surface area contributed by atoms with Gasteiger partial charge in [0.05, 0.1) is 9.82 Å². The molecule has 0 aromatic heterocycles. The van der Waals surface area contributed by atoms with Gasteiger partial charge in [-0.25, -0.2) is 8.42 Å². The number of aromatic hydroxyl groups is 1. The first-order valence-corrected chi connectivity index (χ1v) is 8.92. The Morgan fingerprint density at radius 1 is 0.885 bits per heavy atom. The van der Waals surface area contributed by atoms with Crippen LogP contribution in [0.4, 0.5) is 5.69 Å². The van der Waals surface area contributed by atoms with Gasteiger partial charge in [0, 0.05) is 18.2 Å². The second kappa shape index (κ2) is 6.85. The number of non-ortho nitro benzene ring substituents is 1. The third-order valence-electron chi connectivity index (χ3n) is 3.56. The Bertz CT molecular complexity index is 1050. The zero-order chi connectivity index (χ0) is 18.7. The highest BCUT2D eigenvalue weighted by Crippen LogP contribution is 2.33. The van der Waals surface area contributed by atoms with Gasteiger partial charge < -0.3 is 9.84 Å². The van der Waals surface area contributed by atoms with Gasteiger partial charge in [-0.05, 0) is 36.4 Å². The van der Waals surface area contributed by atoms with Crippen LogP contribution in [-0.2, 0) is 9.84 Å². The SMILES string of the molecule is O=[N+]([O-])c1ccc(Oc2ccc(O)c(S(=O)(=O)c3ccccc3)c2)cc1. The molecule has 3 rings (SSSR count). The highest BCUT2D eigenvalue weighted by molar-refractivity contribution is 7.91. The molecule has 0 atom stereocenters. The number of phenolic OH excluding ortho intramolecular Hbond substituents is 1. The van der Waals surface area contributed by atoms with Gasteiger partial charge in [-0.1, -0.05) is 18.2 Å². The summed E-state index contributed by atoms with van der Waals surface area (Å²) in [5, 5.41) is 20.7. The number of hydrogen-bond donors (Lipinski definition) is 1. The van der Waals surface area contributed by atoms with Gasteiger partial charge in [-0.15, -0.1) is 0 Å². The molecule has 0 heterocycles. The number of phenols is 1. The van der Waals surface area contributed by atoms with Crippen molar-refractivity contribution >= 4 is 15.5 Å². The second-order valence-corrected chi connectivity index (χ2v) is 7.22. The number of rotatable bonds is 5. The van der Waals surface area contributed by atoms with Crippen LogP contribution < -0.4 is 4.74 Å². The van der Waals surface area contributed by atoms with Gasteiger partial charge >= 0.3 is 0 Å². The maximum Gasteiger partial charge on any atom is 0.269 e. The molecule has 132 valence electrons. The molecule has 0 spiro atoms. The molecule has 0 unspecified atom stereocenters. The molecule has 3 aromatic carbocycles. The number of nitro benzene ring substituents is 1. The Balaban J connectivity index is 1.94. The molecule has 1 N–H and O–H groups in total. The number of sulfone groups is 1. The zero-order valence-electron chi connectivity index (χ0n) is 13.3. The van der Waals surface area contributed by atoms with Crippen LogP contribution in [0.25, 0.3) is 0 Å². The minimum atomic E-state index is -3.92. The summed E-state index contributed by atoms with van der Waals surface area (Å²) in [4.78, 5) is 9.89. The van der Waals surface area contributed by atoms with Crippen molar-refractivity contribution in [2.24, 2.45) is 0 Å². The van der Waals surface area contributed by atoms with E-state index in [0.717, 1.165) is 0 Å². The van der Waals surface area contributed by atoms with Crippen molar-refractivity contribution < 1.29 is 23.2 Å². The largest absolute Gasteiger partial charge is 0.507 e. The molecule has 0 aliphatic heterocycles. The average molecular weight is 371 g/mol. The van der Waals surface area contributed by atoms with E-state index in [2.05, 4.69) is 0 Å². The van der Waals surface area contributed by atoms with Gasteiger partial charge in [-0.3, -0.25) is 10.1 Å². The molecule has 3 aromatic rings. The normalized spacial score (nSPS) is 11.1. The number of nitro groups is 1. The van der Waals surface area contributed by atoms with E-state index in [1.807, 2.05) is 0 Å². The van der Waals surface area contributed by atoms with Crippen molar-refractivity contribution in [3.05, 3.63) is 82.9 Å². The maximum absolute atomic E-state index is 12.7. The Morgan fingerprint density at radius 2 is 1.50 bits per heavy atom. The predicted octanol–water partition coefficient (Wildman–Crippen LogP) is 3.93. The monoisotopic (exact) mass is 371 g/mol. The topological polar surface area (TPSA) is 107 Å². The van der Waals surface area contributed by atoms with E-state index >= 15 is 0 Å². The van der Waals surface area contributed by atoms with Crippen molar-refractivity contribution in [3.8, 4) is 17.2 Å². The lowest BCUT2D eigenvalue weighted by Gasteiger charge is -2.10. The summed E-state index contributed by atoms with van der Waals surface area (Å²) >= 11 is 0. The van der Waals surface area contributed by atoms with Crippen LogP contribution in [0.1, 0.15) is 0 Å². The highest BCUT2D eigenvalue weighted by Gasteiger charge is 2.22. The van der Waals surface area contributed by atoms with E-state index in [1.165, 1.54) is 54.6 Å². The molecule has 0 fully saturated rings. The highest BCUT2D eigenvalue weighted by atomic mass is 32.2. The Hall–Kier alpha value is -3.39. The molecule has 0 saturated carbocycles. The van der Waals surface area contributed by atoms with E-state index in [0.29, 0.717) is 5.75 Å². The van der Waals surface area contributed by atoms with E-state index in [-0.39, 0.29) is 21.2 Å². The Labute approximate surface area is 149 Å². The summed E-state index contributed by atoms with van der Waals surface area (Å²) < 4.78 is 30.9. The smallest absolute Gasteiger partial charge is 0.269 e. The Kier molecular flexibility index (Phi) is 4.59. The van der Waals surface area contributed by atoms with Crippen molar-refractivity contribution in [2.45, 2.75) is 9.79 Å². The molecule has 7 nitrogen and oxygen atoms in total. The van der Waals surface area contributed by atoms with Crippen molar-refractivity contribution in [2.75, 3.05) is 0 Å². The maximum atomic E-state index is 12.7. The van der Waals surface area contributed by atoms with Crippen molar-refractivity contribution in [1.29, 1.82) is 0 Å². The molecular weight excluding hydrogens is 358 g/mol. The summed E-state index contributed by atoms with van der Waals surface area (Å²) in [6.45, 7) is 0. The molecular formula is C18H13NO6S. The minimum Gasteiger partial charge on any atom is -0.507 e. The lowest BCUT2D eigenvalue weighted by molar-refractivity contribution is -0.384. The van der Waals surface area contributed by atoms with E-state index in [4.69, 9.17) is 4.74 Å². The molecule has 0 saturated heterocycles. The molecule has 0 bridgehead atoms. The second-order valence-electron chi connectivity index (χ2n) is 5.30. The van der Waals surface area contributed by atoms with E-state index < -0.39 is 20.5 Å². The lowest BCUT2D eigenvalue weighted by atomic mass is 10.3. The summed E-state index contributed by atoms with van der Waals surface area (Å²) in [6.07, 6.45) is 0. The van der Waals surface area contributed by atoms with Crippen LogP contribution in [0.15, 0.2) is 82.6 Å². The number of benzene rings is 3. The first-order chi connectivity index (χ1) is 12.4. The van der Waals surface area contributed by atoms with Crippen molar-refractivity contribution in [1.82, 2.24) is 0 Å². The third-order valence-corrected chi connectivity index (χ3v) is 5.36. The predicted molar refractivity (Wildman–Crippen MR) is 93.2 cm³/mol. The quantitative estimate of drug-likeness (QED) is 0.538. The number of hydrogen-bond acceptors (Lipinski definition) is 6. The summed E-state index contributed by atoms with van der Waals surface area (Å²) in [6, 6.07) is 16.9. The number of nitrogens with zero attached hydrogens (tertiary/aromatic N) is 1. The van der Waals surface area contributed by atoms with Gasteiger partial charge in [0.2, 0.25) is 9.84 Å². The van der Waals surface area contributed by atoms with Gasteiger partial charge in [0.25, 0.3) is 5.69 Å². The van der Waals surface area contributed by atoms with Crippen LogP contribution in [0.2, 0.25) is 0 Å². The van der Waals surface area contributed by atoms with Crippen LogP contribution in [-0.4, -0.2) is 18.4 Å². The van der Waals surface area contributed by atoms with Crippen LogP contribution in [0, 0.1) is 10.1 Å². The first kappa shape index (κ1) is 17.4. The molecule has 8 heteroatoms. The van der Waals surface area contributed by atoms with Crippen LogP contribution in [0.5, 0.6) is 17.2 Å². The summed E-state index contributed by atoms with van der Waals surface area (Å²) in [5.74, 6) is 0.0698. The molecule has 0 aliphatic rings. The summed E-state index contributed by atoms with van der Waals surface area (Å²) in [5.41, 5.74) is -0.0876. The fourth-order valence-electron chi connectivity index (χ4n) is 2.27. The molecule has 26 heavy (non-hydrogen) atoms. The van der Waals surface area contributed by atoms with E-state index in [1.54, 1.807) is 18.2 Å². The van der Waals surface area contributed by atoms with E-state index in [9.17, 15) is 23.6 Å². The number of ether oxygens (including phenoxy) is 1. The van der Waals surface area contributed by atoms with Gasteiger partial charge in [0.1, 0.15) is 22.1 Å². The van der Waals surface area contributed by atoms with Crippen molar-refractivity contribution in [3.63, 3.8) is 0 Å². The lowest BCUT2D eigenvalue weighted by Crippen LogP contribution is -2.02. The average Bonchev–Trinajstić information content (AvgIpc) is 2.64. The molecule has 0 radical (unpaired) electrons. The fraction of sp³-hybridized carbons (Fsp3) is 0. The summed E-state index contributed by atoms with van der Waals surface area (Å²) in [7, 11) is -3.92.